The van der Waals surface area contributed by atoms with Crippen molar-refractivity contribution in [1.29, 1.82) is 0 Å². The lowest BCUT2D eigenvalue weighted by molar-refractivity contribution is 0.299. The van der Waals surface area contributed by atoms with Crippen LogP contribution in [0.5, 0.6) is 5.75 Å². The highest BCUT2D eigenvalue weighted by atomic mass is 35.5. The first kappa shape index (κ1) is 14.8. The van der Waals surface area contributed by atoms with Gasteiger partial charge >= 0.3 is 0 Å². The maximum absolute atomic E-state index is 13.8. The van der Waals surface area contributed by atoms with Gasteiger partial charge < -0.3 is 10.5 Å². The summed E-state index contributed by atoms with van der Waals surface area (Å²) >= 11 is 6.04. The topological polar surface area (TPSA) is 35.2 Å². The summed E-state index contributed by atoms with van der Waals surface area (Å²) in [4.78, 5) is 0. The van der Waals surface area contributed by atoms with E-state index in [-0.39, 0.29) is 12.4 Å². The Hall–Kier alpha value is -1.58. The van der Waals surface area contributed by atoms with E-state index in [2.05, 4.69) is 0 Å². The van der Waals surface area contributed by atoms with Crippen molar-refractivity contribution in [2.45, 2.75) is 26.5 Å². The van der Waals surface area contributed by atoms with Crippen LogP contribution in [-0.2, 0) is 19.6 Å². The van der Waals surface area contributed by atoms with Gasteiger partial charge in [0.2, 0.25) is 0 Å². The molecule has 106 valence electrons. The second-order valence-corrected chi connectivity index (χ2v) is 4.93. The van der Waals surface area contributed by atoms with Crippen molar-refractivity contribution in [3.8, 4) is 5.75 Å². The number of benzene rings is 2. The monoisotopic (exact) mass is 293 g/mol. The SMILES string of the molecule is CCc1cc(OCc2ccc(CN)cc2F)ccc1Cl. The molecule has 0 unspecified atom stereocenters. The molecule has 0 aromatic heterocycles. The van der Waals surface area contributed by atoms with Crippen molar-refractivity contribution in [1.82, 2.24) is 0 Å². The van der Waals surface area contributed by atoms with Crippen LogP contribution in [0, 0.1) is 5.82 Å². The quantitative estimate of drug-likeness (QED) is 0.901. The summed E-state index contributed by atoms with van der Waals surface area (Å²) in [7, 11) is 0. The van der Waals surface area contributed by atoms with Gasteiger partial charge in [-0.05, 0) is 41.8 Å². The van der Waals surface area contributed by atoms with Crippen molar-refractivity contribution >= 4 is 11.6 Å². The van der Waals surface area contributed by atoms with Gasteiger partial charge in [-0.2, -0.15) is 0 Å². The predicted octanol–water partition coefficient (Wildman–Crippen LogP) is 4.08. The fourth-order valence-electron chi connectivity index (χ4n) is 1.91. The van der Waals surface area contributed by atoms with Crippen molar-refractivity contribution in [2.75, 3.05) is 0 Å². The van der Waals surface area contributed by atoms with E-state index in [9.17, 15) is 4.39 Å². The van der Waals surface area contributed by atoms with Crippen LogP contribution in [0.2, 0.25) is 5.02 Å². The van der Waals surface area contributed by atoms with Crippen LogP contribution >= 0.6 is 11.6 Å². The highest BCUT2D eigenvalue weighted by molar-refractivity contribution is 6.31. The van der Waals surface area contributed by atoms with Crippen LogP contribution in [0.25, 0.3) is 0 Å². The fraction of sp³-hybridized carbons (Fsp3) is 0.250. The molecule has 2 N–H and O–H groups in total. The van der Waals surface area contributed by atoms with E-state index >= 15 is 0 Å². The summed E-state index contributed by atoms with van der Waals surface area (Å²) in [6.07, 6.45) is 0.829. The first-order valence-corrected chi connectivity index (χ1v) is 6.90. The van der Waals surface area contributed by atoms with Gasteiger partial charge in [-0.3, -0.25) is 0 Å². The van der Waals surface area contributed by atoms with E-state index in [0.717, 1.165) is 22.6 Å². The van der Waals surface area contributed by atoms with Gasteiger partial charge in [0.1, 0.15) is 18.2 Å². The van der Waals surface area contributed by atoms with Gasteiger partial charge in [0, 0.05) is 17.1 Å². The molecule has 0 aliphatic rings. The Morgan fingerprint density at radius 3 is 2.60 bits per heavy atom. The zero-order valence-corrected chi connectivity index (χ0v) is 12.1. The van der Waals surface area contributed by atoms with Crippen molar-refractivity contribution < 1.29 is 9.13 Å². The Morgan fingerprint density at radius 1 is 1.15 bits per heavy atom. The highest BCUT2D eigenvalue weighted by Gasteiger charge is 2.06. The zero-order chi connectivity index (χ0) is 14.5. The summed E-state index contributed by atoms with van der Waals surface area (Å²) in [5.74, 6) is 0.395. The maximum atomic E-state index is 13.8. The molecular weight excluding hydrogens is 277 g/mol. The molecule has 0 bridgehead atoms. The lowest BCUT2D eigenvalue weighted by atomic mass is 10.1. The maximum Gasteiger partial charge on any atom is 0.130 e. The summed E-state index contributed by atoms with van der Waals surface area (Å²) in [5, 5.41) is 0.721. The molecule has 2 rings (SSSR count). The lowest BCUT2D eigenvalue weighted by Crippen LogP contribution is -2.02. The van der Waals surface area contributed by atoms with E-state index in [1.165, 1.54) is 6.07 Å². The molecule has 0 aliphatic carbocycles. The molecule has 0 saturated heterocycles. The van der Waals surface area contributed by atoms with E-state index in [4.69, 9.17) is 22.1 Å². The normalized spacial score (nSPS) is 10.6. The number of nitrogens with two attached hydrogens (primary N) is 1. The molecule has 0 fully saturated rings. The van der Waals surface area contributed by atoms with Gasteiger partial charge in [0.05, 0.1) is 0 Å². The van der Waals surface area contributed by atoms with E-state index in [0.29, 0.717) is 17.9 Å². The molecule has 0 saturated carbocycles. The van der Waals surface area contributed by atoms with Gasteiger partial charge in [-0.15, -0.1) is 0 Å². The highest BCUT2D eigenvalue weighted by Crippen LogP contribution is 2.23. The minimum absolute atomic E-state index is 0.182. The number of aryl methyl sites for hydroxylation is 1. The van der Waals surface area contributed by atoms with Gasteiger partial charge in [0.25, 0.3) is 0 Å². The standard InChI is InChI=1S/C16H17ClFNO/c1-2-12-8-14(5-6-15(12)17)20-10-13-4-3-11(9-19)7-16(13)18/h3-8H,2,9-10,19H2,1H3. The molecule has 0 aliphatic heterocycles. The minimum atomic E-state index is -0.294. The van der Waals surface area contributed by atoms with Crippen LogP contribution in [0.4, 0.5) is 4.39 Å². The third-order valence-corrected chi connectivity index (χ3v) is 3.51. The molecule has 0 amide bonds. The van der Waals surface area contributed by atoms with Crippen LogP contribution in [0.15, 0.2) is 36.4 Å². The Kier molecular flexibility index (Phi) is 4.99. The largest absolute Gasteiger partial charge is 0.489 e. The van der Waals surface area contributed by atoms with Crippen LogP contribution in [0.3, 0.4) is 0 Å². The van der Waals surface area contributed by atoms with Crippen LogP contribution in [0.1, 0.15) is 23.6 Å². The number of rotatable bonds is 5. The molecule has 0 spiro atoms. The van der Waals surface area contributed by atoms with Gasteiger partial charge in [-0.1, -0.05) is 30.7 Å². The molecular formula is C16H17ClFNO. The average Bonchev–Trinajstić information content (AvgIpc) is 2.47. The first-order valence-electron chi connectivity index (χ1n) is 6.52. The number of halogens is 2. The molecule has 4 heteroatoms. The summed E-state index contributed by atoms with van der Waals surface area (Å²) in [5.41, 5.74) is 7.77. The van der Waals surface area contributed by atoms with E-state index in [1.807, 2.05) is 13.0 Å². The van der Waals surface area contributed by atoms with Gasteiger partial charge in [0.15, 0.2) is 0 Å². The summed E-state index contributed by atoms with van der Waals surface area (Å²) in [6.45, 7) is 2.53. The van der Waals surface area contributed by atoms with Crippen LogP contribution < -0.4 is 10.5 Å². The lowest BCUT2D eigenvalue weighted by Gasteiger charge is -2.10. The molecule has 2 nitrogen and oxygen atoms in total. The Morgan fingerprint density at radius 2 is 1.95 bits per heavy atom. The average molecular weight is 294 g/mol. The summed E-state index contributed by atoms with van der Waals surface area (Å²) in [6, 6.07) is 10.4. The predicted molar refractivity (Wildman–Crippen MR) is 79.5 cm³/mol. The van der Waals surface area contributed by atoms with Gasteiger partial charge in [-0.25, -0.2) is 4.39 Å². The first-order chi connectivity index (χ1) is 9.63. The molecule has 0 heterocycles. The number of hydrogen-bond donors (Lipinski definition) is 1. The van der Waals surface area contributed by atoms with Crippen molar-refractivity contribution in [3.63, 3.8) is 0 Å². The van der Waals surface area contributed by atoms with Crippen molar-refractivity contribution in [2.24, 2.45) is 5.73 Å². The Balaban J connectivity index is 2.08. The summed E-state index contributed by atoms with van der Waals surface area (Å²) < 4.78 is 19.4. The second-order valence-electron chi connectivity index (χ2n) is 4.53. The third-order valence-electron chi connectivity index (χ3n) is 3.15. The third kappa shape index (κ3) is 3.50. The van der Waals surface area contributed by atoms with E-state index < -0.39 is 0 Å². The second kappa shape index (κ2) is 6.73. The van der Waals surface area contributed by atoms with E-state index in [1.54, 1.807) is 24.3 Å². The van der Waals surface area contributed by atoms with Crippen LogP contribution in [-0.4, -0.2) is 0 Å². The molecule has 2 aromatic rings. The number of hydrogen-bond acceptors (Lipinski definition) is 2. The zero-order valence-electron chi connectivity index (χ0n) is 11.3. The Labute approximate surface area is 123 Å². The number of ether oxygens (including phenoxy) is 1. The molecule has 0 atom stereocenters. The smallest absolute Gasteiger partial charge is 0.130 e. The molecule has 0 radical (unpaired) electrons. The minimum Gasteiger partial charge on any atom is -0.489 e. The van der Waals surface area contributed by atoms with Crippen molar-refractivity contribution in [3.05, 3.63) is 63.9 Å². The fourth-order valence-corrected chi connectivity index (χ4v) is 2.16. The molecule has 2 aromatic carbocycles. The molecule has 20 heavy (non-hydrogen) atoms. The Bertz CT molecular complexity index is 601.